The Morgan fingerprint density at radius 3 is 2.30 bits per heavy atom. The van der Waals surface area contributed by atoms with Gasteiger partial charge in [-0.1, -0.05) is 13.8 Å². The molecule has 0 aliphatic carbocycles. The van der Waals surface area contributed by atoms with Crippen LogP contribution in [0.5, 0.6) is 0 Å². The first kappa shape index (κ1) is 16.9. The molecule has 0 bridgehead atoms. The molecule has 1 heterocycles. The number of hydrogen-bond donors (Lipinski definition) is 2. The smallest absolute Gasteiger partial charge is 0.133 e. The zero-order valence-corrected chi connectivity index (χ0v) is 13.6. The van der Waals surface area contributed by atoms with Gasteiger partial charge in [-0.2, -0.15) is 0 Å². The average molecular weight is 298 g/mol. The molecule has 1 aromatic rings. The van der Waals surface area contributed by atoms with Crippen molar-refractivity contribution >= 4 is 22.4 Å². The lowest BCUT2D eigenvalue weighted by Crippen LogP contribution is -2.11. The minimum atomic E-state index is -0.725. The van der Waals surface area contributed by atoms with Crippen LogP contribution in [0.15, 0.2) is 6.07 Å². The molecule has 0 saturated heterocycles. The van der Waals surface area contributed by atoms with Gasteiger partial charge in [-0.25, -0.2) is 9.97 Å². The summed E-state index contributed by atoms with van der Waals surface area (Å²) < 4.78 is 11.0. The molecule has 1 aromatic heterocycles. The highest BCUT2D eigenvalue weighted by Gasteiger charge is 2.04. The number of aromatic nitrogens is 2. The second-order valence-electron chi connectivity index (χ2n) is 4.79. The maximum absolute atomic E-state index is 11.0. The lowest BCUT2D eigenvalue weighted by molar-refractivity contribution is 0.685. The maximum atomic E-state index is 11.0. The van der Waals surface area contributed by atoms with E-state index in [1.54, 1.807) is 6.26 Å². The monoisotopic (exact) mass is 298 g/mol. The zero-order chi connectivity index (χ0) is 14.8. The standard InChI is InChI=1S/C14H26N4OS/c1-4-7-12-17-13(15-8-5-2)11-14(18-12)16-9-6-10-20(3)19/h11H,4-10H2,1-3H3,(H2,15,16,17,18). The van der Waals surface area contributed by atoms with E-state index >= 15 is 0 Å². The average Bonchev–Trinajstić information content (AvgIpc) is 2.41. The largest absolute Gasteiger partial charge is 0.370 e. The molecule has 0 spiro atoms. The third-order valence-corrected chi connectivity index (χ3v) is 3.58. The van der Waals surface area contributed by atoms with Crippen molar-refractivity contribution < 1.29 is 4.21 Å². The lowest BCUT2D eigenvalue weighted by Gasteiger charge is -2.10. The fourth-order valence-electron chi connectivity index (χ4n) is 1.76. The van der Waals surface area contributed by atoms with Gasteiger partial charge < -0.3 is 10.6 Å². The topological polar surface area (TPSA) is 66.9 Å². The van der Waals surface area contributed by atoms with Crippen LogP contribution in [-0.4, -0.2) is 39.3 Å². The van der Waals surface area contributed by atoms with Crippen molar-refractivity contribution in [3.8, 4) is 0 Å². The SMILES string of the molecule is CCCNc1cc(NCCCS(C)=O)nc(CCC)n1. The highest BCUT2D eigenvalue weighted by atomic mass is 32.2. The maximum Gasteiger partial charge on any atom is 0.133 e. The van der Waals surface area contributed by atoms with Crippen molar-refractivity contribution in [2.45, 2.75) is 39.5 Å². The van der Waals surface area contributed by atoms with Gasteiger partial charge in [-0.3, -0.25) is 4.21 Å². The molecule has 0 aliphatic heterocycles. The summed E-state index contributed by atoms with van der Waals surface area (Å²) in [5, 5.41) is 6.59. The zero-order valence-electron chi connectivity index (χ0n) is 12.7. The molecule has 2 N–H and O–H groups in total. The Balaban J connectivity index is 2.62. The fraction of sp³-hybridized carbons (Fsp3) is 0.714. The van der Waals surface area contributed by atoms with Gasteiger partial charge >= 0.3 is 0 Å². The molecule has 1 unspecified atom stereocenters. The predicted octanol–water partition coefficient (Wildman–Crippen LogP) is 2.43. The van der Waals surface area contributed by atoms with Crippen molar-refractivity contribution in [1.29, 1.82) is 0 Å². The van der Waals surface area contributed by atoms with Crippen LogP contribution >= 0.6 is 0 Å². The van der Waals surface area contributed by atoms with E-state index in [4.69, 9.17) is 0 Å². The third kappa shape index (κ3) is 6.84. The van der Waals surface area contributed by atoms with Crippen molar-refractivity contribution in [1.82, 2.24) is 9.97 Å². The van der Waals surface area contributed by atoms with E-state index in [1.165, 1.54) is 0 Å². The second kappa shape index (κ2) is 9.69. The molecule has 1 atom stereocenters. The van der Waals surface area contributed by atoms with Gasteiger partial charge in [0.2, 0.25) is 0 Å². The van der Waals surface area contributed by atoms with Crippen LogP contribution in [0, 0.1) is 0 Å². The summed E-state index contributed by atoms with van der Waals surface area (Å²) in [6.07, 6.45) is 5.60. The van der Waals surface area contributed by atoms with E-state index in [9.17, 15) is 4.21 Å². The number of nitrogens with zero attached hydrogens (tertiary/aromatic N) is 2. The molecular formula is C14H26N4OS. The molecule has 0 aliphatic rings. The van der Waals surface area contributed by atoms with Gasteiger partial charge in [0.1, 0.15) is 17.5 Å². The Morgan fingerprint density at radius 1 is 1.10 bits per heavy atom. The molecule has 20 heavy (non-hydrogen) atoms. The van der Waals surface area contributed by atoms with E-state index < -0.39 is 10.8 Å². The number of nitrogens with one attached hydrogen (secondary N) is 2. The van der Waals surface area contributed by atoms with Crippen LogP contribution in [0.25, 0.3) is 0 Å². The van der Waals surface area contributed by atoms with Gasteiger partial charge in [-0.15, -0.1) is 0 Å². The van der Waals surface area contributed by atoms with Crippen molar-refractivity contribution in [3.05, 3.63) is 11.9 Å². The molecule has 6 heteroatoms. The van der Waals surface area contributed by atoms with Gasteiger partial charge in [0, 0.05) is 48.4 Å². The molecule has 0 fully saturated rings. The quantitative estimate of drug-likeness (QED) is 0.649. The van der Waals surface area contributed by atoms with E-state index in [-0.39, 0.29) is 0 Å². The van der Waals surface area contributed by atoms with Gasteiger partial charge in [0.15, 0.2) is 0 Å². The molecule has 0 amide bonds. The van der Waals surface area contributed by atoms with Crippen LogP contribution < -0.4 is 10.6 Å². The van der Waals surface area contributed by atoms with Crippen LogP contribution in [0.3, 0.4) is 0 Å². The predicted molar refractivity (Wildman–Crippen MR) is 86.8 cm³/mol. The Hall–Kier alpha value is -1.17. The first-order valence-corrected chi connectivity index (χ1v) is 9.04. The van der Waals surface area contributed by atoms with Gasteiger partial charge in [0.05, 0.1) is 0 Å². The number of aryl methyl sites for hydroxylation is 1. The molecule has 0 radical (unpaired) electrons. The normalized spacial score (nSPS) is 12.2. The van der Waals surface area contributed by atoms with Crippen LogP contribution in [0.1, 0.15) is 38.9 Å². The Bertz CT molecular complexity index is 426. The summed E-state index contributed by atoms with van der Waals surface area (Å²) in [4.78, 5) is 9.02. The number of rotatable bonds is 10. The van der Waals surface area contributed by atoms with Crippen molar-refractivity contribution in [2.75, 3.05) is 35.7 Å². The molecule has 114 valence electrons. The minimum absolute atomic E-state index is 0.723. The van der Waals surface area contributed by atoms with Gasteiger partial charge in [0.25, 0.3) is 0 Å². The van der Waals surface area contributed by atoms with E-state index in [0.29, 0.717) is 0 Å². The highest BCUT2D eigenvalue weighted by Crippen LogP contribution is 2.12. The van der Waals surface area contributed by atoms with Gasteiger partial charge in [-0.05, 0) is 19.3 Å². The number of anilines is 2. The van der Waals surface area contributed by atoms with Crippen LogP contribution in [0.2, 0.25) is 0 Å². The summed E-state index contributed by atoms with van der Waals surface area (Å²) in [7, 11) is -0.725. The van der Waals surface area contributed by atoms with Crippen molar-refractivity contribution in [3.63, 3.8) is 0 Å². The summed E-state index contributed by atoms with van der Waals surface area (Å²) in [6.45, 7) is 5.95. The Morgan fingerprint density at radius 2 is 1.75 bits per heavy atom. The van der Waals surface area contributed by atoms with Crippen molar-refractivity contribution in [2.24, 2.45) is 0 Å². The fourth-order valence-corrected chi connectivity index (χ4v) is 2.31. The Kier molecular flexibility index (Phi) is 8.18. The van der Waals surface area contributed by atoms with Crippen LogP contribution in [0.4, 0.5) is 11.6 Å². The third-order valence-electron chi connectivity index (χ3n) is 2.72. The van der Waals surface area contributed by atoms with Crippen LogP contribution in [-0.2, 0) is 17.2 Å². The molecule has 0 aromatic carbocycles. The first-order valence-electron chi connectivity index (χ1n) is 7.31. The van der Waals surface area contributed by atoms with E-state index in [1.807, 2.05) is 6.07 Å². The summed E-state index contributed by atoms with van der Waals surface area (Å²) in [5.41, 5.74) is 0. The lowest BCUT2D eigenvalue weighted by atomic mass is 10.3. The van der Waals surface area contributed by atoms with E-state index in [0.717, 1.165) is 62.0 Å². The summed E-state index contributed by atoms with van der Waals surface area (Å²) in [6, 6.07) is 1.94. The second-order valence-corrected chi connectivity index (χ2v) is 6.34. The molecule has 1 rings (SSSR count). The molecule has 5 nitrogen and oxygen atoms in total. The molecule has 0 saturated carbocycles. The first-order chi connectivity index (χ1) is 9.65. The van der Waals surface area contributed by atoms with E-state index in [2.05, 4.69) is 34.4 Å². The Labute approximate surface area is 124 Å². The highest BCUT2D eigenvalue weighted by molar-refractivity contribution is 7.84. The summed E-state index contributed by atoms with van der Waals surface area (Å²) >= 11 is 0. The molecular weight excluding hydrogens is 272 g/mol. The minimum Gasteiger partial charge on any atom is -0.370 e. The summed E-state index contributed by atoms with van der Waals surface area (Å²) in [5.74, 6) is 3.33. The number of hydrogen-bond acceptors (Lipinski definition) is 5.